The van der Waals surface area contributed by atoms with E-state index in [4.69, 9.17) is 5.73 Å². The Bertz CT molecular complexity index is 148. The summed E-state index contributed by atoms with van der Waals surface area (Å²) in [5, 5.41) is 3.00. The summed E-state index contributed by atoms with van der Waals surface area (Å²) in [4.78, 5) is 10.9. The van der Waals surface area contributed by atoms with Gasteiger partial charge in [0.25, 0.3) is 0 Å². The van der Waals surface area contributed by atoms with Gasteiger partial charge in [-0.3, -0.25) is 4.79 Å². The Morgan fingerprint density at radius 3 is 2.50 bits per heavy atom. The van der Waals surface area contributed by atoms with Gasteiger partial charge in [-0.15, -0.1) is 24.8 Å². The van der Waals surface area contributed by atoms with Gasteiger partial charge in [0, 0.05) is 6.54 Å². The lowest BCUT2D eigenvalue weighted by molar-refractivity contribution is -0.146. The Hall–Kier alpha value is -0.0300. The monoisotopic (exact) mass is 216 g/mol. The van der Waals surface area contributed by atoms with Crippen LogP contribution in [-0.4, -0.2) is 31.7 Å². The largest absolute Gasteiger partial charge is 0.468 e. The fraction of sp³-hybridized carbons (Fsp3) is 0.833. The van der Waals surface area contributed by atoms with Gasteiger partial charge in [-0.1, -0.05) is 0 Å². The van der Waals surface area contributed by atoms with E-state index in [9.17, 15) is 4.79 Å². The van der Waals surface area contributed by atoms with Gasteiger partial charge in [-0.2, -0.15) is 0 Å². The molecule has 1 fully saturated rings. The molecule has 0 aromatic rings. The molecule has 0 saturated carbocycles. The van der Waals surface area contributed by atoms with Crippen LogP contribution in [0, 0.1) is 0 Å². The van der Waals surface area contributed by atoms with Gasteiger partial charge in [-0.05, 0) is 13.0 Å². The summed E-state index contributed by atoms with van der Waals surface area (Å²) in [5.41, 5.74) is 4.91. The molecule has 6 heteroatoms. The molecule has 1 rings (SSSR count). The number of esters is 1. The molecule has 0 bridgehead atoms. The molecule has 0 aromatic carbocycles. The maximum atomic E-state index is 10.9. The highest BCUT2D eigenvalue weighted by atomic mass is 35.5. The molecule has 1 heterocycles. The zero-order chi connectivity index (χ0) is 7.61. The van der Waals surface area contributed by atoms with Crippen LogP contribution in [0.2, 0.25) is 0 Å². The normalized spacial score (nSPS) is 26.8. The van der Waals surface area contributed by atoms with Crippen LogP contribution in [-0.2, 0) is 9.53 Å². The third kappa shape index (κ3) is 2.79. The first kappa shape index (κ1) is 14.5. The smallest absolute Gasteiger partial charge is 0.327 e. The average Bonchev–Trinajstić information content (AvgIpc) is 2.36. The van der Waals surface area contributed by atoms with Crippen molar-refractivity contribution in [3.63, 3.8) is 0 Å². The highest BCUT2D eigenvalue weighted by Gasteiger charge is 2.37. The van der Waals surface area contributed by atoms with Gasteiger partial charge < -0.3 is 15.8 Å². The minimum absolute atomic E-state index is 0. The van der Waals surface area contributed by atoms with E-state index in [1.807, 2.05) is 0 Å². The fourth-order valence-electron chi connectivity index (χ4n) is 1.09. The fourth-order valence-corrected chi connectivity index (χ4v) is 1.09. The molecule has 1 unspecified atom stereocenters. The molecule has 0 aromatic heterocycles. The maximum absolute atomic E-state index is 10.9. The molecule has 1 saturated heterocycles. The third-order valence-electron chi connectivity index (χ3n) is 1.78. The Morgan fingerprint density at radius 1 is 1.58 bits per heavy atom. The predicted octanol–water partition coefficient (Wildman–Crippen LogP) is -0.306. The molecule has 0 aliphatic carbocycles. The van der Waals surface area contributed by atoms with Gasteiger partial charge in [0.05, 0.1) is 7.11 Å². The zero-order valence-electron chi connectivity index (χ0n) is 6.83. The topological polar surface area (TPSA) is 64.3 Å². The van der Waals surface area contributed by atoms with Crippen molar-refractivity contribution >= 4 is 30.8 Å². The average molecular weight is 217 g/mol. The Balaban J connectivity index is 0. The molecule has 1 aliphatic heterocycles. The lowest BCUT2D eigenvalue weighted by Crippen LogP contribution is -2.50. The van der Waals surface area contributed by atoms with Crippen molar-refractivity contribution in [1.29, 1.82) is 0 Å². The Kier molecular flexibility index (Phi) is 6.75. The van der Waals surface area contributed by atoms with E-state index in [0.717, 1.165) is 6.54 Å². The van der Waals surface area contributed by atoms with Gasteiger partial charge in [0.15, 0.2) is 0 Å². The van der Waals surface area contributed by atoms with Gasteiger partial charge in [0.1, 0.15) is 5.54 Å². The molecule has 0 radical (unpaired) electrons. The first-order valence-corrected chi connectivity index (χ1v) is 3.27. The van der Waals surface area contributed by atoms with E-state index in [0.29, 0.717) is 13.0 Å². The molecule has 1 atom stereocenters. The number of carbonyl (C=O) groups is 1. The molecule has 74 valence electrons. The van der Waals surface area contributed by atoms with E-state index in [1.54, 1.807) is 0 Å². The summed E-state index contributed by atoms with van der Waals surface area (Å²) >= 11 is 0. The summed E-state index contributed by atoms with van der Waals surface area (Å²) in [7, 11) is 1.36. The molecule has 3 N–H and O–H groups in total. The van der Waals surface area contributed by atoms with Crippen LogP contribution in [0.3, 0.4) is 0 Å². The number of hydrogen-bond acceptors (Lipinski definition) is 4. The predicted molar refractivity (Wildman–Crippen MR) is 50.9 cm³/mol. The molecule has 4 nitrogen and oxygen atoms in total. The van der Waals surface area contributed by atoms with Crippen LogP contribution in [0.1, 0.15) is 6.42 Å². The highest BCUT2D eigenvalue weighted by Crippen LogP contribution is 2.11. The lowest BCUT2D eigenvalue weighted by Gasteiger charge is -2.18. The Labute approximate surface area is 84.0 Å². The van der Waals surface area contributed by atoms with Gasteiger partial charge in [-0.25, -0.2) is 0 Å². The first-order valence-electron chi connectivity index (χ1n) is 3.27. The lowest BCUT2D eigenvalue weighted by atomic mass is 10.0. The van der Waals surface area contributed by atoms with E-state index in [1.165, 1.54) is 7.11 Å². The summed E-state index contributed by atoms with van der Waals surface area (Å²) < 4.78 is 4.53. The van der Waals surface area contributed by atoms with E-state index in [2.05, 4.69) is 10.1 Å². The van der Waals surface area contributed by atoms with Crippen LogP contribution < -0.4 is 11.1 Å². The zero-order valence-corrected chi connectivity index (χ0v) is 8.46. The number of carbonyl (C=O) groups excluding carboxylic acids is 1. The number of hydrogen-bond donors (Lipinski definition) is 2. The molecular formula is C6H14Cl2N2O2. The number of rotatable bonds is 1. The Morgan fingerprint density at radius 2 is 2.17 bits per heavy atom. The number of nitrogens with two attached hydrogens (primary N) is 1. The summed E-state index contributed by atoms with van der Waals surface area (Å²) in [6.45, 7) is 1.32. The van der Waals surface area contributed by atoms with Gasteiger partial charge in [0.2, 0.25) is 0 Å². The van der Waals surface area contributed by atoms with Crippen molar-refractivity contribution in [3.8, 4) is 0 Å². The van der Waals surface area contributed by atoms with Crippen molar-refractivity contribution < 1.29 is 9.53 Å². The second kappa shape index (κ2) is 5.59. The number of halogens is 2. The summed E-state index contributed by atoms with van der Waals surface area (Å²) in [5.74, 6) is -0.322. The van der Waals surface area contributed by atoms with Crippen molar-refractivity contribution in [2.45, 2.75) is 12.0 Å². The molecule has 12 heavy (non-hydrogen) atoms. The second-order valence-corrected chi connectivity index (χ2v) is 2.57. The molecule has 0 amide bonds. The number of methoxy groups -OCH3 is 1. The van der Waals surface area contributed by atoms with E-state index >= 15 is 0 Å². The minimum Gasteiger partial charge on any atom is -0.468 e. The van der Waals surface area contributed by atoms with E-state index < -0.39 is 5.54 Å². The minimum atomic E-state index is -0.769. The van der Waals surface area contributed by atoms with Gasteiger partial charge >= 0.3 is 5.97 Å². The maximum Gasteiger partial charge on any atom is 0.327 e. The summed E-state index contributed by atoms with van der Waals surface area (Å²) in [6.07, 6.45) is 0.666. The molecule has 1 aliphatic rings. The summed E-state index contributed by atoms with van der Waals surface area (Å²) in [6, 6.07) is 0. The first-order chi connectivity index (χ1) is 4.69. The number of ether oxygens (including phenoxy) is 1. The van der Waals surface area contributed by atoms with Crippen molar-refractivity contribution in [3.05, 3.63) is 0 Å². The van der Waals surface area contributed by atoms with Crippen LogP contribution in [0.5, 0.6) is 0 Å². The van der Waals surface area contributed by atoms with E-state index in [-0.39, 0.29) is 30.8 Å². The van der Waals surface area contributed by atoms with Crippen molar-refractivity contribution in [2.24, 2.45) is 5.73 Å². The quantitative estimate of drug-likeness (QED) is 0.591. The van der Waals surface area contributed by atoms with Crippen molar-refractivity contribution in [1.82, 2.24) is 5.32 Å². The van der Waals surface area contributed by atoms with Crippen molar-refractivity contribution in [2.75, 3.05) is 20.2 Å². The SMILES string of the molecule is COC(=O)C1(N)CCNC1.Cl.Cl. The molecule has 0 spiro atoms. The number of nitrogens with one attached hydrogen (secondary N) is 1. The van der Waals surface area contributed by atoms with Crippen LogP contribution in [0.25, 0.3) is 0 Å². The second-order valence-electron chi connectivity index (χ2n) is 2.57. The standard InChI is InChI=1S/C6H12N2O2.2ClH/c1-10-5(9)6(7)2-3-8-4-6;;/h8H,2-4,7H2,1H3;2*1H. The third-order valence-corrected chi connectivity index (χ3v) is 1.78. The molecular weight excluding hydrogens is 203 g/mol. The highest BCUT2D eigenvalue weighted by molar-refractivity contribution is 5.85. The van der Waals surface area contributed by atoms with Crippen LogP contribution in [0.15, 0.2) is 0 Å². The van der Waals surface area contributed by atoms with Crippen LogP contribution in [0.4, 0.5) is 0 Å². The van der Waals surface area contributed by atoms with Crippen LogP contribution >= 0.6 is 24.8 Å².